The maximum atomic E-state index is 13.9. The number of methoxy groups -OCH3 is 1. The first-order valence-corrected chi connectivity index (χ1v) is 12.6. The molecule has 1 N–H and O–H groups in total. The Kier molecular flexibility index (Phi) is 7.02. The molecule has 4 rings (SSSR count). The van der Waals surface area contributed by atoms with E-state index in [2.05, 4.69) is 5.32 Å². The van der Waals surface area contributed by atoms with E-state index < -0.39 is 21.3 Å². The Morgan fingerprint density at radius 3 is 2.55 bits per heavy atom. The van der Waals surface area contributed by atoms with Gasteiger partial charge in [-0.25, -0.2) is 12.8 Å². The largest absolute Gasteiger partial charge is 0.495 e. The second-order valence-corrected chi connectivity index (χ2v) is 10.5. The molecule has 0 bridgehead atoms. The average Bonchev–Trinajstić information content (AvgIpc) is 3.39. The minimum atomic E-state index is -3.76. The number of nitrogens with one attached hydrogen (secondary N) is 1. The number of amides is 1. The molecule has 0 spiro atoms. The minimum Gasteiger partial charge on any atom is -0.495 e. The van der Waals surface area contributed by atoms with Crippen molar-refractivity contribution in [3.63, 3.8) is 0 Å². The van der Waals surface area contributed by atoms with Crippen molar-refractivity contribution >= 4 is 15.9 Å². The zero-order chi connectivity index (χ0) is 23.5. The molecular weight excluding hydrogens is 447 g/mol. The van der Waals surface area contributed by atoms with E-state index in [-0.39, 0.29) is 22.0 Å². The number of benzene rings is 2. The molecule has 2 aliphatic rings. The molecule has 1 amide bonds. The minimum absolute atomic E-state index is 0.00883. The third-order valence-corrected chi connectivity index (χ3v) is 8.50. The first kappa shape index (κ1) is 23.7. The Bertz CT molecular complexity index is 1110. The molecule has 33 heavy (non-hydrogen) atoms. The Morgan fingerprint density at radius 1 is 1.15 bits per heavy atom. The zero-order valence-corrected chi connectivity index (χ0v) is 19.5. The lowest BCUT2D eigenvalue weighted by molar-refractivity contribution is 0.0486. The molecule has 2 saturated heterocycles. The van der Waals surface area contributed by atoms with Crippen molar-refractivity contribution in [3.05, 3.63) is 59.4 Å². The Balaban J connectivity index is 1.58. The van der Waals surface area contributed by atoms with E-state index in [0.29, 0.717) is 45.7 Å². The molecular formula is C24H29FN2O5S. The second kappa shape index (κ2) is 9.79. The van der Waals surface area contributed by atoms with E-state index in [1.165, 1.54) is 35.7 Å². The molecule has 0 unspecified atom stereocenters. The summed E-state index contributed by atoms with van der Waals surface area (Å²) in [7, 11) is -2.35. The van der Waals surface area contributed by atoms with Gasteiger partial charge in [-0.2, -0.15) is 4.31 Å². The van der Waals surface area contributed by atoms with Crippen molar-refractivity contribution < 1.29 is 27.1 Å². The van der Waals surface area contributed by atoms with E-state index in [0.717, 1.165) is 18.4 Å². The third kappa shape index (κ3) is 4.90. The summed E-state index contributed by atoms with van der Waals surface area (Å²) in [6, 6.07) is 10.9. The molecule has 0 aromatic heterocycles. The number of hydrogen-bond donors (Lipinski definition) is 1. The standard InChI is InChI=1S/C24H29FN2O5S/c1-31-21-8-7-18(15-22(21)33(29,30)27-11-2-3-12-27)23(28)26-17-24(9-13-32-14-10-24)19-5-4-6-20(25)16-19/h4-8,15-16H,2-3,9-14,17H2,1H3,(H,26,28). The fraction of sp³-hybridized carbons (Fsp3) is 0.458. The molecule has 2 aromatic carbocycles. The van der Waals surface area contributed by atoms with Gasteiger partial charge < -0.3 is 14.8 Å². The van der Waals surface area contributed by atoms with Crippen LogP contribution in [0.4, 0.5) is 4.39 Å². The van der Waals surface area contributed by atoms with Gasteiger partial charge in [0.2, 0.25) is 10.0 Å². The molecule has 7 nitrogen and oxygen atoms in total. The van der Waals surface area contributed by atoms with Gasteiger partial charge in [0, 0.05) is 43.8 Å². The van der Waals surface area contributed by atoms with Gasteiger partial charge >= 0.3 is 0 Å². The number of carbonyl (C=O) groups excluding carboxylic acids is 1. The normalized spacial score (nSPS) is 18.7. The first-order chi connectivity index (χ1) is 15.9. The van der Waals surface area contributed by atoms with Crippen molar-refractivity contribution in [1.29, 1.82) is 0 Å². The van der Waals surface area contributed by atoms with Gasteiger partial charge in [-0.05, 0) is 61.6 Å². The number of hydrogen-bond acceptors (Lipinski definition) is 5. The average molecular weight is 477 g/mol. The Hall–Kier alpha value is -2.49. The lowest BCUT2D eigenvalue weighted by Gasteiger charge is -2.38. The monoisotopic (exact) mass is 476 g/mol. The van der Waals surface area contributed by atoms with E-state index in [1.54, 1.807) is 12.1 Å². The fourth-order valence-electron chi connectivity index (χ4n) is 4.59. The van der Waals surface area contributed by atoms with Crippen LogP contribution in [0.1, 0.15) is 41.6 Å². The highest BCUT2D eigenvalue weighted by Crippen LogP contribution is 2.35. The van der Waals surface area contributed by atoms with Crippen molar-refractivity contribution in [2.45, 2.75) is 36.0 Å². The maximum absolute atomic E-state index is 13.9. The quantitative estimate of drug-likeness (QED) is 0.664. The second-order valence-electron chi connectivity index (χ2n) is 8.56. The number of sulfonamides is 1. The predicted octanol–water partition coefficient (Wildman–Crippen LogP) is 3.10. The SMILES string of the molecule is COc1ccc(C(=O)NCC2(c3cccc(F)c3)CCOCC2)cc1S(=O)(=O)N1CCCC1. The predicted molar refractivity (Wildman–Crippen MR) is 121 cm³/mol. The summed E-state index contributed by atoms with van der Waals surface area (Å²) in [4.78, 5) is 13.1. The van der Waals surface area contributed by atoms with E-state index in [9.17, 15) is 17.6 Å². The summed E-state index contributed by atoms with van der Waals surface area (Å²) in [6.07, 6.45) is 2.92. The molecule has 0 atom stereocenters. The van der Waals surface area contributed by atoms with Gasteiger partial charge in [-0.1, -0.05) is 12.1 Å². The van der Waals surface area contributed by atoms with E-state index in [1.807, 2.05) is 6.07 Å². The molecule has 2 aromatic rings. The molecule has 178 valence electrons. The molecule has 2 heterocycles. The lowest BCUT2D eigenvalue weighted by Crippen LogP contribution is -2.44. The third-order valence-electron chi connectivity index (χ3n) is 6.58. The molecule has 2 fully saturated rings. The van der Waals surface area contributed by atoms with Gasteiger partial charge in [0.1, 0.15) is 16.5 Å². The van der Waals surface area contributed by atoms with Crippen LogP contribution in [0.25, 0.3) is 0 Å². The van der Waals surface area contributed by atoms with Gasteiger partial charge in [0.15, 0.2) is 0 Å². The fourth-order valence-corrected chi connectivity index (χ4v) is 6.29. The molecule has 9 heteroatoms. The van der Waals surface area contributed by atoms with Crippen molar-refractivity contribution in [2.75, 3.05) is 40.0 Å². The molecule has 0 saturated carbocycles. The topological polar surface area (TPSA) is 84.9 Å². The molecule has 2 aliphatic heterocycles. The summed E-state index contributed by atoms with van der Waals surface area (Å²) < 4.78 is 52.4. The van der Waals surface area contributed by atoms with Crippen LogP contribution in [-0.2, 0) is 20.2 Å². The maximum Gasteiger partial charge on any atom is 0.251 e. The summed E-state index contributed by atoms with van der Waals surface area (Å²) in [5, 5.41) is 2.95. The van der Waals surface area contributed by atoms with Gasteiger partial charge in [-0.3, -0.25) is 4.79 Å². The van der Waals surface area contributed by atoms with Crippen LogP contribution in [0.2, 0.25) is 0 Å². The van der Waals surface area contributed by atoms with Gasteiger partial charge in [0.25, 0.3) is 5.91 Å². The summed E-state index contributed by atoms with van der Waals surface area (Å²) in [6.45, 7) is 2.25. The highest BCUT2D eigenvalue weighted by molar-refractivity contribution is 7.89. The number of halogens is 1. The highest BCUT2D eigenvalue weighted by Gasteiger charge is 2.36. The smallest absolute Gasteiger partial charge is 0.251 e. The van der Waals surface area contributed by atoms with Crippen molar-refractivity contribution in [2.24, 2.45) is 0 Å². The number of ether oxygens (including phenoxy) is 2. The van der Waals surface area contributed by atoms with E-state index >= 15 is 0 Å². The van der Waals surface area contributed by atoms with E-state index in [4.69, 9.17) is 9.47 Å². The first-order valence-electron chi connectivity index (χ1n) is 11.2. The van der Waals surface area contributed by atoms with Gasteiger partial charge in [0.05, 0.1) is 7.11 Å². The summed E-state index contributed by atoms with van der Waals surface area (Å²) in [5.74, 6) is -0.506. The number of rotatable bonds is 7. The number of carbonyl (C=O) groups is 1. The van der Waals surface area contributed by atoms with Crippen molar-refractivity contribution in [3.8, 4) is 5.75 Å². The Morgan fingerprint density at radius 2 is 1.88 bits per heavy atom. The van der Waals surface area contributed by atoms with Gasteiger partial charge in [-0.15, -0.1) is 0 Å². The van der Waals surface area contributed by atoms with Crippen LogP contribution in [0, 0.1) is 5.82 Å². The van der Waals surface area contributed by atoms with Crippen LogP contribution < -0.4 is 10.1 Å². The zero-order valence-electron chi connectivity index (χ0n) is 18.7. The molecule has 0 radical (unpaired) electrons. The van der Waals surface area contributed by atoms with Crippen LogP contribution in [-0.4, -0.2) is 58.6 Å². The summed E-state index contributed by atoms with van der Waals surface area (Å²) in [5.41, 5.74) is 0.598. The van der Waals surface area contributed by atoms with Crippen LogP contribution in [0.3, 0.4) is 0 Å². The number of nitrogens with zero attached hydrogens (tertiary/aromatic N) is 1. The van der Waals surface area contributed by atoms with Crippen LogP contribution >= 0.6 is 0 Å². The Labute approximate surface area is 193 Å². The van der Waals surface area contributed by atoms with Crippen LogP contribution in [0.5, 0.6) is 5.75 Å². The molecule has 0 aliphatic carbocycles. The van der Waals surface area contributed by atoms with Crippen molar-refractivity contribution in [1.82, 2.24) is 9.62 Å². The summed E-state index contributed by atoms with van der Waals surface area (Å²) >= 11 is 0. The highest BCUT2D eigenvalue weighted by atomic mass is 32.2. The lowest BCUT2D eigenvalue weighted by atomic mass is 9.74. The van der Waals surface area contributed by atoms with Crippen LogP contribution in [0.15, 0.2) is 47.4 Å².